The third-order valence-electron chi connectivity index (χ3n) is 4.62. The van der Waals surface area contributed by atoms with E-state index in [0.717, 1.165) is 41.2 Å². The fraction of sp³-hybridized carbons (Fsp3) is 0.368. The largest absolute Gasteiger partial charge is 0.331 e. The minimum absolute atomic E-state index is 0.0831. The average Bonchev–Trinajstić information content (AvgIpc) is 3.46. The molecule has 0 unspecified atom stereocenters. The van der Waals surface area contributed by atoms with Gasteiger partial charge in [-0.1, -0.05) is 6.07 Å². The van der Waals surface area contributed by atoms with Crippen molar-refractivity contribution in [2.45, 2.75) is 42.8 Å². The molecule has 1 aliphatic heterocycles. The molecule has 1 aromatic heterocycles. The van der Waals surface area contributed by atoms with Crippen molar-refractivity contribution in [2.75, 3.05) is 5.75 Å². The number of carbonyl (C=O) groups is 1. The number of thioether (sulfide) groups is 1. The van der Waals surface area contributed by atoms with Crippen LogP contribution in [-0.2, 0) is 6.54 Å². The predicted octanol–water partition coefficient (Wildman–Crippen LogP) is 4.13. The Labute approximate surface area is 150 Å². The highest BCUT2D eigenvalue weighted by Crippen LogP contribution is 2.37. The Balaban J connectivity index is 1.50. The number of aromatic nitrogens is 1. The Bertz CT molecular complexity index is 767. The van der Waals surface area contributed by atoms with E-state index in [1.165, 1.54) is 6.07 Å². The van der Waals surface area contributed by atoms with Gasteiger partial charge in [-0.15, -0.1) is 11.8 Å². The molecule has 130 valence electrons. The summed E-state index contributed by atoms with van der Waals surface area (Å²) in [6.07, 6.45) is 4.63. The van der Waals surface area contributed by atoms with Crippen molar-refractivity contribution in [1.29, 1.82) is 0 Å². The molecule has 0 saturated heterocycles. The fourth-order valence-electron chi connectivity index (χ4n) is 3.17. The van der Waals surface area contributed by atoms with Gasteiger partial charge in [0.05, 0.1) is 18.3 Å². The number of nitrogens with zero attached hydrogens (tertiary/aromatic N) is 2. The molecule has 0 radical (unpaired) electrons. The highest BCUT2D eigenvalue weighted by Gasteiger charge is 2.34. The van der Waals surface area contributed by atoms with E-state index >= 15 is 0 Å². The van der Waals surface area contributed by atoms with Gasteiger partial charge in [0.15, 0.2) is 0 Å². The summed E-state index contributed by atoms with van der Waals surface area (Å²) in [6.45, 7) is 0.509. The Kier molecular flexibility index (Phi) is 4.61. The first kappa shape index (κ1) is 16.4. The molecule has 2 heterocycles. The number of fused-ring (bicyclic) bond motifs is 1. The molecule has 0 spiro atoms. The van der Waals surface area contributed by atoms with Gasteiger partial charge >= 0.3 is 6.03 Å². The second kappa shape index (κ2) is 7.04. The van der Waals surface area contributed by atoms with Gasteiger partial charge in [0.1, 0.15) is 5.82 Å². The van der Waals surface area contributed by atoms with E-state index in [0.29, 0.717) is 6.54 Å². The maximum atomic E-state index is 13.6. The monoisotopic (exact) mass is 357 g/mol. The van der Waals surface area contributed by atoms with E-state index in [2.05, 4.69) is 10.3 Å². The van der Waals surface area contributed by atoms with Gasteiger partial charge in [0, 0.05) is 22.9 Å². The van der Waals surface area contributed by atoms with Gasteiger partial charge in [-0.3, -0.25) is 4.98 Å². The number of hydrogen-bond acceptors (Lipinski definition) is 3. The Hall–Kier alpha value is -2.08. The summed E-state index contributed by atoms with van der Waals surface area (Å²) in [6, 6.07) is 10.6. The maximum absolute atomic E-state index is 13.6. The van der Waals surface area contributed by atoms with E-state index in [1.54, 1.807) is 30.1 Å². The first-order valence-corrected chi connectivity index (χ1v) is 9.58. The summed E-state index contributed by atoms with van der Waals surface area (Å²) in [5.74, 6) is 0.667. The van der Waals surface area contributed by atoms with Crippen LogP contribution in [0.2, 0.25) is 0 Å². The van der Waals surface area contributed by atoms with Gasteiger partial charge in [-0.25, -0.2) is 9.18 Å². The first-order chi connectivity index (χ1) is 12.2. The number of halogens is 1. The van der Waals surface area contributed by atoms with Gasteiger partial charge in [0.2, 0.25) is 0 Å². The lowest BCUT2D eigenvalue weighted by molar-refractivity contribution is 0.186. The smallest absolute Gasteiger partial charge is 0.318 e. The van der Waals surface area contributed by atoms with Gasteiger partial charge < -0.3 is 10.2 Å². The molecule has 4 rings (SSSR count). The second-order valence-electron chi connectivity index (χ2n) is 6.50. The van der Waals surface area contributed by atoms with E-state index in [9.17, 15) is 9.18 Å². The second-order valence-corrected chi connectivity index (χ2v) is 7.64. The SMILES string of the molecule is O=C(N[C@@H]1CCSc2ccc(F)cc21)N(Cc1ccccn1)C1CC1. The number of pyridine rings is 1. The van der Waals surface area contributed by atoms with Crippen LogP contribution in [0, 0.1) is 5.82 Å². The number of urea groups is 1. The van der Waals surface area contributed by atoms with Crippen LogP contribution in [-0.4, -0.2) is 27.7 Å². The Morgan fingerprint density at radius 2 is 2.16 bits per heavy atom. The standard InChI is InChI=1S/C19H20FN3OS/c20-13-4-7-18-16(11-13)17(8-10-25-18)22-19(24)23(15-5-6-15)12-14-3-1-2-9-21-14/h1-4,7,9,11,15,17H,5-6,8,10,12H2,(H,22,24)/t17-/m1/s1. The Morgan fingerprint density at radius 1 is 1.28 bits per heavy atom. The molecule has 2 aliphatic rings. The minimum Gasteiger partial charge on any atom is -0.331 e. The van der Waals surface area contributed by atoms with E-state index in [4.69, 9.17) is 0 Å². The molecule has 0 bridgehead atoms. The summed E-state index contributed by atoms with van der Waals surface area (Å²) >= 11 is 1.72. The number of carbonyl (C=O) groups excluding carboxylic acids is 1. The van der Waals surface area contributed by atoms with Crippen LogP contribution in [0.25, 0.3) is 0 Å². The zero-order chi connectivity index (χ0) is 17.2. The highest BCUT2D eigenvalue weighted by molar-refractivity contribution is 7.99. The van der Waals surface area contributed by atoms with Crippen molar-refractivity contribution in [3.05, 3.63) is 59.7 Å². The molecule has 1 saturated carbocycles. The molecule has 25 heavy (non-hydrogen) atoms. The third kappa shape index (κ3) is 3.79. The molecular weight excluding hydrogens is 337 g/mol. The summed E-state index contributed by atoms with van der Waals surface area (Å²) in [5, 5.41) is 3.12. The topological polar surface area (TPSA) is 45.2 Å². The lowest BCUT2D eigenvalue weighted by Crippen LogP contribution is -2.43. The summed E-state index contributed by atoms with van der Waals surface area (Å²) in [5.41, 5.74) is 1.77. The van der Waals surface area contributed by atoms with Crippen LogP contribution in [0.3, 0.4) is 0 Å². The van der Waals surface area contributed by atoms with Gasteiger partial charge in [-0.2, -0.15) is 0 Å². The van der Waals surface area contributed by atoms with Gasteiger partial charge in [0.25, 0.3) is 0 Å². The average molecular weight is 357 g/mol. The number of nitrogens with one attached hydrogen (secondary N) is 1. The number of hydrogen-bond donors (Lipinski definition) is 1. The zero-order valence-electron chi connectivity index (χ0n) is 13.8. The molecule has 1 aliphatic carbocycles. The molecule has 6 heteroatoms. The van der Waals surface area contributed by atoms with Crippen molar-refractivity contribution in [3.8, 4) is 0 Å². The van der Waals surface area contributed by atoms with Crippen molar-refractivity contribution < 1.29 is 9.18 Å². The highest BCUT2D eigenvalue weighted by atomic mass is 32.2. The molecule has 1 N–H and O–H groups in total. The maximum Gasteiger partial charge on any atom is 0.318 e. The first-order valence-electron chi connectivity index (χ1n) is 8.60. The van der Waals surface area contributed by atoms with Crippen LogP contribution in [0.5, 0.6) is 0 Å². The summed E-state index contributed by atoms with van der Waals surface area (Å²) < 4.78 is 13.6. The lowest BCUT2D eigenvalue weighted by Gasteiger charge is -2.29. The quantitative estimate of drug-likeness (QED) is 0.895. The zero-order valence-corrected chi connectivity index (χ0v) is 14.6. The van der Waals surface area contributed by atoms with Crippen molar-refractivity contribution in [3.63, 3.8) is 0 Å². The summed E-state index contributed by atoms with van der Waals surface area (Å²) in [7, 11) is 0. The molecule has 2 amide bonds. The third-order valence-corrected chi connectivity index (χ3v) is 5.74. The molecule has 2 aromatic rings. The van der Waals surface area contributed by atoms with Crippen LogP contribution in [0.1, 0.15) is 36.6 Å². The van der Waals surface area contributed by atoms with Crippen LogP contribution >= 0.6 is 11.8 Å². The van der Waals surface area contributed by atoms with E-state index in [1.807, 2.05) is 23.1 Å². The van der Waals surface area contributed by atoms with E-state index in [-0.39, 0.29) is 23.9 Å². The normalized spacial score (nSPS) is 19.2. The lowest BCUT2D eigenvalue weighted by atomic mass is 10.0. The van der Waals surface area contributed by atoms with Crippen molar-refractivity contribution >= 4 is 17.8 Å². The molecule has 1 aromatic carbocycles. The number of benzene rings is 1. The van der Waals surface area contributed by atoms with Crippen molar-refractivity contribution in [1.82, 2.24) is 15.2 Å². The van der Waals surface area contributed by atoms with Crippen LogP contribution in [0.15, 0.2) is 47.5 Å². The van der Waals surface area contributed by atoms with E-state index < -0.39 is 0 Å². The molecule has 1 fully saturated rings. The number of amides is 2. The minimum atomic E-state index is -0.256. The molecule has 1 atom stereocenters. The predicted molar refractivity (Wildman–Crippen MR) is 95.8 cm³/mol. The molecule has 4 nitrogen and oxygen atoms in total. The summed E-state index contributed by atoms with van der Waals surface area (Å²) in [4.78, 5) is 20.1. The fourth-order valence-corrected chi connectivity index (χ4v) is 4.27. The number of rotatable bonds is 4. The van der Waals surface area contributed by atoms with Gasteiger partial charge in [-0.05, 0) is 55.2 Å². The van der Waals surface area contributed by atoms with Crippen LogP contribution in [0.4, 0.5) is 9.18 Å². The van der Waals surface area contributed by atoms with Crippen molar-refractivity contribution in [2.24, 2.45) is 0 Å². The Morgan fingerprint density at radius 3 is 2.92 bits per heavy atom. The molecular formula is C19H20FN3OS. The van der Waals surface area contributed by atoms with Crippen LogP contribution < -0.4 is 5.32 Å².